The third-order valence-corrected chi connectivity index (χ3v) is 6.45. The van der Waals surface area contributed by atoms with Crippen molar-refractivity contribution in [3.8, 4) is 52.4 Å². The highest BCUT2D eigenvalue weighted by atomic mass is 19.4. The van der Waals surface area contributed by atoms with Gasteiger partial charge in [-0.1, -0.05) is 24.3 Å². The van der Waals surface area contributed by atoms with Crippen LogP contribution in [0, 0.1) is 53.0 Å². The van der Waals surface area contributed by atoms with Crippen molar-refractivity contribution in [3.05, 3.63) is 187 Å². The minimum Gasteiger partial charge on any atom is -0.508 e. The summed E-state index contributed by atoms with van der Waals surface area (Å²) in [4.78, 5) is 28.3. The number of halogens is 3. The van der Waals surface area contributed by atoms with E-state index in [2.05, 4.69) is 0 Å². The van der Waals surface area contributed by atoms with E-state index in [1.807, 2.05) is 12.1 Å². The predicted octanol–water partition coefficient (Wildman–Crippen LogP) is 8.55. The van der Waals surface area contributed by atoms with Gasteiger partial charge in [-0.2, -0.15) is 23.7 Å². The molecule has 0 aliphatic heterocycles. The molecule has 21 heteroatoms. The van der Waals surface area contributed by atoms with Crippen molar-refractivity contribution in [1.29, 1.82) is 10.5 Å². The number of nitro benzene ring substituents is 3. The van der Waals surface area contributed by atoms with Crippen molar-refractivity contribution in [2.24, 2.45) is 0 Å². The molecule has 60 heavy (non-hydrogen) atoms. The lowest BCUT2D eigenvalue weighted by Gasteiger charge is -2.05. The molecule has 0 atom stereocenters. The number of rotatable bonds is 3. The molecule has 0 aromatic heterocycles. The molecule has 0 aliphatic rings. The average Bonchev–Trinajstić information content (AvgIpc) is 3.19. The van der Waals surface area contributed by atoms with Gasteiger partial charge in [0.15, 0.2) is 5.75 Å². The van der Waals surface area contributed by atoms with Gasteiger partial charge in [0.1, 0.15) is 40.6 Å². The Bertz CT molecular complexity index is 2400. The van der Waals surface area contributed by atoms with Crippen LogP contribution in [0.4, 0.5) is 30.2 Å². The number of alkyl halides is 3. The van der Waals surface area contributed by atoms with Gasteiger partial charge in [0, 0.05) is 24.3 Å². The maximum atomic E-state index is 11.9. The van der Waals surface area contributed by atoms with Gasteiger partial charge in [-0.3, -0.25) is 30.3 Å². The first-order chi connectivity index (χ1) is 28.2. The van der Waals surface area contributed by atoms with E-state index in [0.29, 0.717) is 23.3 Å². The number of hydrogen-bond acceptors (Lipinski definition) is 15. The molecule has 0 heterocycles. The van der Waals surface area contributed by atoms with Crippen molar-refractivity contribution < 1.29 is 63.7 Å². The third kappa shape index (κ3) is 19.0. The zero-order chi connectivity index (χ0) is 45.4. The Balaban J connectivity index is 0.000000362. The van der Waals surface area contributed by atoms with Gasteiger partial charge in [-0.15, -0.1) is 0 Å². The Morgan fingerprint density at radius 1 is 0.467 bits per heavy atom. The molecule has 0 amide bonds. The Hall–Kier alpha value is -9.11. The molecule has 0 bridgehead atoms. The molecule has 0 fully saturated rings. The molecule has 0 radical (unpaired) electrons. The summed E-state index contributed by atoms with van der Waals surface area (Å²) in [5, 5.41) is 108. The summed E-state index contributed by atoms with van der Waals surface area (Å²) in [6.07, 6.45) is -4.38. The molecule has 310 valence electrons. The number of aromatic hydroxyl groups is 7. The van der Waals surface area contributed by atoms with Crippen LogP contribution in [0.3, 0.4) is 0 Å². The van der Waals surface area contributed by atoms with Crippen molar-refractivity contribution >= 4 is 17.1 Å². The molecule has 6 aromatic rings. The van der Waals surface area contributed by atoms with Crippen LogP contribution < -0.4 is 0 Å². The number of nitrogens with zero attached hydrogens (tertiary/aromatic N) is 5. The highest BCUT2D eigenvalue weighted by Gasteiger charge is 2.30. The summed E-state index contributed by atoms with van der Waals surface area (Å²) in [5.41, 5.74) is -1.07. The van der Waals surface area contributed by atoms with Crippen molar-refractivity contribution in [3.63, 3.8) is 0 Å². The number of para-hydroxylation sites is 1. The highest BCUT2D eigenvalue weighted by molar-refractivity contribution is 5.52. The first kappa shape index (κ1) is 48.9. The Morgan fingerprint density at radius 3 is 1.30 bits per heavy atom. The van der Waals surface area contributed by atoms with Crippen LogP contribution in [0.1, 0.15) is 16.7 Å². The molecule has 6 aromatic carbocycles. The standard InChI is InChI=1S/C7H5F3O.2C7H5NO.C6H4N2O5.C6H5NO3.C6H6O2/c8-7(9,10)5-2-1-3-6(11)4-5;8-5-6-1-3-7(9)4-2-6;8-5-6-3-1-2-4-7(6)9;9-6-2-1-4(7(10)11)3-5(6)8(12)13;8-6-3-1-5(2-4-6)7(9)10;7-5-2-1-3-6(8)4-5/h1-4,11H;2*1-4,9H;1-3,9H;1-4,8H;1-4,7-8H. The minimum absolute atomic E-state index is 0.0159. The maximum absolute atomic E-state index is 11.9. The molecule has 0 saturated carbocycles. The van der Waals surface area contributed by atoms with Crippen LogP contribution in [-0.4, -0.2) is 50.5 Å². The Labute approximate surface area is 336 Å². The monoisotopic (exact) mass is 833 g/mol. The van der Waals surface area contributed by atoms with Gasteiger partial charge in [0.25, 0.3) is 11.4 Å². The van der Waals surface area contributed by atoms with Crippen LogP contribution >= 0.6 is 0 Å². The second-order valence-electron chi connectivity index (χ2n) is 10.8. The molecule has 0 aliphatic carbocycles. The lowest BCUT2D eigenvalue weighted by Crippen LogP contribution is -2.03. The lowest BCUT2D eigenvalue weighted by atomic mass is 10.2. The molecule has 6 rings (SSSR count). The van der Waals surface area contributed by atoms with Gasteiger partial charge in [-0.05, 0) is 84.9 Å². The van der Waals surface area contributed by atoms with E-state index in [4.69, 9.17) is 46.3 Å². The quantitative estimate of drug-likeness (QED) is 0.0648. The number of nitro groups is 3. The first-order valence-corrected chi connectivity index (χ1v) is 15.9. The van der Waals surface area contributed by atoms with Gasteiger partial charge in [0.2, 0.25) is 0 Å². The second kappa shape index (κ2) is 24.4. The molecular weight excluding hydrogens is 803 g/mol. The number of benzene rings is 6. The van der Waals surface area contributed by atoms with Crippen LogP contribution in [0.25, 0.3) is 0 Å². The maximum Gasteiger partial charge on any atom is 0.416 e. The van der Waals surface area contributed by atoms with Crippen LogP contribution in [-0.2, 0) is 6.18 Å². The summed E-state index contributed by atoms with van der Waals surface area (Å²) in [6.45, 7) is 0. The largest absolute Gasteiger partial charge is 0.508 e. The van der Waals surface area contributed by atoms with E-state index in [9.17, 15) is 43.5 Å². The van der Waals surface area contributed by atoms with Crippen LogP contribution in [0.2, 0.25) is 0 Å². The van der Waals surface area contributed by atoms with Gasteiger partial charge < -0.3 is 35.7 Å². The number of hydrogen-bond donors (Lipinski definition) is 7. The number of nitriles is 2. The fraction of sp³-hybridized carbons (Fsp3) is 0.0256. The van der Waals surface area contributed by atoms with E-state index >= 15 is 0 Å². The van der Waals surface area contributed by atoms with Gasteiger partial charge >= 0.3 is 11.9 Å². The van der Waals surface area contributed by atoms with E-state index in [0.717, 1.165) is 24.3 Å². The Kier molecular flexibility index (Phi) is 19.9. The average molecular weight is 834 g/mol. The SMILES string of the molecule is N#Cc1ccc(O)cc1.N#Cc1ccccc1O.O=[N+]([O-])c1ccc(O)c([N+](=O)[O-])c1.O=[N+]([O-])c1ccc(O)cc1.Oc1cccc(C(F)(F)F)c1.Oc1cccc(O)c1. The summed E-state index contributed by atoms with van der Waals surface area (Å²) in [5.74, 6) is -0.523. The summed E-state index contributed by atoms with van der Waals surface area (Å²) >= 11 is 0. The van der Waals surface area contributed by atoms with E-state index in [1.54, 1.807) is 36.4 Å². The first-order valence-electron chi connectivity index (χ1n) is 15.9. The summed E-state index contributed by atoms with van der Waals surface area (Å²) in [6, 6.07) is 33.7. The molecule has 7 N–H and O–H groups in total. The Morgan fingerprint density at radius 2 is 0.933 bits per heavy atom. The topological polar surface area (TPSA) is 319 Å². The van der Waals surface area contributed by atoms with E-state index < -0.39 is 43.6 Å². The lowest BCUT2D eigenvalue weighted by molar-refractivity contribution is -0.394. The van der Waals surface area contributed by atoms with Crippen molar-refractivity contribution in [2.75, 3.05) is 0 Å². The fourth-order valence-electron chi connectivity index (χ4n) is 3.63. The van der Waals surface area contributed by atoms with Crippen LogP contribution in [0.5, 0.6) is 40.2 Å². The van der Waals surface area contributed by atoms with E-state index in [-0.39, 0.29) is 40.2 Å². The molecule has 0 spiro atoms. The van der Waals surface area contributed by atoms with Gasteiger partial charge in [0.05, 0.1) is 43.6 Å². The normalized spacial score (nSPS) is 9.42. The molecular formula is C39H30F3N5O13. The summed E-state index contributed by atoms with van der Waals surface area (Å²) in [7, 11) is 0. The van der Waals surface area contributed by atoms with Crippen molar-refractivity contribution in [2.45, 2.75) is 6.18 Å². The number of phenols is 7. The molecule has 0 saturated heterocycles. The molecule has 0 unspecified atom stereocenters. The van der Waals surface area contributed by atoms with E-state index in [1.165, 1.54) is 66.7 Å². The van der Waals surface area contributed by atoms with Crippen molar-refractivity contribution in [1.82, 2.24) is 0 Å². The number of phenolic OH excluding ortho intramolecular Hbond substituents is 7. The zero-order valence-corrected chi connectivity index (χ0v) is 30.2. The van der Waals surface area contributed by atoms with Gasteiger partial charge in [-0.25, -0.2) is 0 Å². The van der Waals surface area contributed by atoms with Crippen LogP contribution in [0.15, 0.2) is 140 Å². The predicted molar refractivity (Wildman–Crippen MR) is 205 cm³/mol. The highest BCUT2D eigenvalue weighted by Crippen LogP contribution is 2.31. The smallest absolute Gasteiger partial charge is 0.416 e. The fourth-order valence-corrected chi connectivity index (χ4v) is 3.63. The third-order valence-electron chi connectivity index (χ3n) is 6.45. The minimum atomic E-state index is -4.38. The second-order valence-corrected chi connectivity index (χ2v) is 10.8. The summed E-state index contributed by atoms with van der Waals surface area (Å²) < 4.78 is 35.6. The zero-order valence-electron chi connectivity index (χ0n) is 30.2. The molecule has 18 nitrogen and oxygen atoms in total. The number of non-ortho nitro benzene ring substituents is 2.